The van der Waals surface area contributed by atoms with Crippen molar-refractivity contribution in [2.45, 2.75) is 25.7 Å². The number of aromatic nitrogens is 3. The molecule has 0 spiro atoms. The van der Waals surface area contributed by atoms with Gasteiger partial charge in [-0.3, -0.25) is 0 Å². The van der Waals surface area contributed by atoms with Crippen LogP contribution >= 0.6 is 0 Å². The van der Waals surface area contributed by atoms with Gasteiger partial charge < -0.3 is 9.84 Å². The highest BCUT2D eigenvalue weighted by Crippen LogP contribution is 2.24. The third kappa shape index (κ3) is 4.27. The van der Waals surface area contributed by atoms with Crippen molar-refractivity contribution >= 4 is 17.0 Å². The number of nitrogens with zero attached hydrogens (tertiary/aromatic N) is 3. The summed E-state index contributed by atoms with van der Waals surface area (Å²) in [7, 11) is 0. The second-order valence-corrected chi connectivity index (χ2v) is 5.98. The normalized spacial score (nSPS) is 10.8. The van der Waals surface area contributed by atoms with E-state index >= 15 is 0 Å². The Morgan fingerprint density at radius 3 is 2.54 bits per heavy atom. The Kier molecular flexibility index (Phi) is 5.63. The van der Waals surface area contributed by atoms with Crippen LogP contribution in [0.3, 0.4) is 0 Å². The molecule has 0 saturated carbocycles. The first-order chi connectivity index (χ1) is 12.7. The summed E-state index contributed by atoms with van der Waals surface area (Å²) < 4.78 is 4.96. The van der Waals surface area contributed by atoms with Gasteiger partial charge in [0.05, 0.1) is 6.61 Å². The third-order valence-corrected chi connectivity index (χ3v) is 4.06. The lowest BCUT2D eigenvalue weighted by Crippen LogP contribution is -2.02. The van der Waals surface area contributed by atoms with E-state index in [-0.39, 0.29) is 11.7 Å². The molecule has 1 N–H and O–H groups in total. The van der Waals surface area contributed by atoms with Crippen LogP contribution < -0.4 is 0 Å². The summed E-state index contributed by atoms with van der Waals surface area (Å²) in [6.45, 7) is 3.77. The van der Waals surface area contributed by atoms with Crippen LogP contribution in [0.4, 0.5) is 0 Å². The maximum Gasteiger partial charge on any atom is 0.330 e. The minimum Gasteiger partial charge on any atom is -0.506 e. The molecule has 0 bridgehead atoms. The van der Waals surface area contributed by atoms with Gasteiger partial charge in [-0.2, -0.15) is 0 Å². The highest BCUT2D eigenvalue weighted by atomic mass is 16.5. The number of phenols is 1. The Hall–Kier alpha value is -3.15. The SMILES string of the molecule is C=CC(=O)OCCCCCc1ccc(O)c(-n2nc3ccccc3n2)c1. The van der Waals surface area contributed by atoms with Gasteiger partial charge in [-0.25, -0.2) is 4.79 Å². The number of benzene rings is 2. The monoisotopic (exact) mass is 351 g/mol. The number of unbranched alkanes of at least 4 members (excludes halogenated alkanes) is 2. The number of rotatable bonds is 8. The molecular formula is C20H21N3O3. The number of ether oxygens (including phenoxy) is 1. The quantitative estimate of drug-likeness (QED) is 0.381. The second-order valence-electron chi connectivity index (χ2n) is 5.98. The van der Waals surface area contributed by atoms with Gasteiger partial charge in [-0.1, -0.05) is 24.8 Å². The summed E-state index contributed by atoms with van der Waals surface area (Å²) in [5.74, 6) is -0.238. The zero-order valence-electron chi connectivity index (χ0n) is 14.5. The lowest BCUT2D eigenvalue weighted by Gasteiger charge is -2.07. The second kappa shape index (κ2) is 8.29. The van der Waals surface area contributed by atoms with E-state index in [9.17, 15) is 9.90 Å². The molecule has 0 fully saturated rings. The van der Waals surface area contributed by atoms with Crippen LogP contribution in [0.2, 0.25) is 0 Å². The predicted molar refractivity (Wildman–Crippen MR) is 99.2 cm³/mol. The Morgan fingerprint density at radius 2 is 1.85 bits per heavy atom. The van der Waals surface area contributed by atoms with Gasteiger partial charge in [0.1, 0.15) is 22.5 Å². The van der Waals surface area contributed by atoms with Gasteiger partial charge in [0.25, 0.3) is 0 Å². The molecule has 1 aromatic heterocycles. The average molecular weight is 351 g/mol. The van der Waals surface area contributed by atoms with Crippen molar-refractivity contribution in [3.63, 3.8) is 0 Å². The van der Waals surface area contributed by atoms with Crippen molar-refractivity contribution in [1.29, 1.82) is 0 Å². The molecule has 3 rings (SSSR count). The molecule has 6 heteroatoms. The molecule has 0 amide bonds. The summed E-state index contributed by atoms with van der Waals surface area (Å²) in [6, 6.07) is 13.1. The highest BCUT2D eigenvalue weighted by Gasteiger charge is 2.09. The molecule has 26 heavy (non-hydrogen) atoms. The maximum atomic E-state index is 11.0. The first kappa shape index (κ1) is 17.7. The molecule has 6 nitrogen and oxygen atoms in total. The Bertz CT molecular complexity index is 885. The van der Waals surface area contributed by atoms with E-state index in [0.29, 0.717) is 12.3 Å². The number of carbonyl (C=O) groups is 1. The predicted octanol–water partition coefficient (Wildman–Crippen LogP) is 3.57. The summed E-state index contributed by atoms with van der Waals surface area (Å²) >= 11 is 0. The number of hydrogen-bond acceptors (Lipinski definition) is 5. The van der Waals surface area contributed by atoms with Gasteiger partial charge in [0.2, 0.25) is 0 Å². The Morgan fingerprint density at radius 1 is 1.12 bits per heavy atom. The van der Waals surface area contributed by atoms with E-state index in [2.05, 4.69) is 16.8 Å². The minimum absolute atomic E-state index is 0.144. The fourth-order valence-corrected chi connectivity index (χ4v) is 2.69. The molecule has 0 aliphatic heterocycles. The average Bonchev–Trinajstić information content (AvgIpc) is 3.09. The van der Waals surface area contributed by atoms with Crippen LogP contribution in [0.15, 0.2) is 55.1 Å². The number of hydrogen-bond donors (Lipinski definition) is 1. The topological polar surface area (TPSA) is 77.2 Å². The zero-order valence-corrected chi connectivity index (χ0v) is 14.5. The molecule has 0 atom stereocenters. The third-order valence-electron chi connectivity index (χ3n) is 4.06. The number of carbonyl (C=O) groups excluding carboxylic acids is 1. The number of esters is 1. The van der Waals surface area contributed by atoms with Crippen LogP contribution in [0.1, 0.15) is 24.8 Å². The fraction of sp³-hybridized carbons (Fsp3) is 0.250. The minimum atomic E-state index is -0.382. The van der Waals surface area contributed by atoms with Gasteiger partial charge in [0, 0.05) is 6.08 Å². The lowest BCUT2D eigenvalue weighted by atomic mass is 10.1. The number of aromatic hydroxyl groups is 1. The zero-order chi connectivity index (χ0) is 18.4. The largest absolute Gasteiger partial charge is 0.506 e. The van der Waals surface area contributed by atoms with Gasteiger partial charge >= 0.3 is 5.97 Å². The molecule has 134 valence electrons. The van der Waals surface area contributed by atoms with Crippen molar-refractivity contribution in [1.82, 2.24) is 15.0 Å². The van der Waals surface area contributed by atoms with Crippen molar-refractivity contribution in [2.75, 3.05) is 6.61 Å². The van der Waals surface area contributed by atoms with Crippen LogP contribution in [0.5, 0.6) is 5.75 Å². The molecule has 2 aromatic carbocycles. The van der Waals surface area contributed by atoms with Crippen molar-refractivity contribution in [3.8, 4) is 11.4 Å². The van der Waals surface area contributed by atoms with Crippen LogP contribution in [0.25, 0.3) is 16.7 Å². The molecule has 1 heterocycles. The Labute approximate surface area is 151 Å². The Balaban J connectivity index is 1.61. The molecule has 0 radical (unpaired) electrons. The number of fused-ring (bicyclic) bond motifs is 1. The van der Waals surface area contributed by atoms with Gasteiger partial charge in [-0.15, -0.1) is 15.0 Å². The molecule has 0 aliphatic rings. The number of aryl methyl sites for hydroxylation is 1. The van der Waals surface area contributed by atoms with E-state index < -0.39 is 0 Å². The molecule has 0 unspecified atom stereocenters. The van der Waals surface area contributed by atoms with Gasteiger partial charge in [0.15, 0.2) is 0 Å². The standard InChI is InChI=1S/C20H21N3O3/c1-2-20(25)26-13-7-3-4-8-15-11-12-19(24)18(14-15)23-21-16-9-5-6-10-17(16)22-23/h2,5-6,9-12,14,24H,1,3-4,7-8,13H2. The first-order valence-corrected chi connectivity index (χ1v) is 8.61. The summed E-state index contributed by atoms with van der Waals surface area (Å²) in [6.07, 6.45) is 4.76. The van der Waals surface area contributed by atoms with Crippen molar-refractivity contribution in [2.24, 2.45) is 0 Å². The van der Waals surface area contributed by atoms with Crippen molar-refractivity contribution < 1.29 is 14.6 Å². The van der Waals surface area contributed by atoms with Crippen LogP contribution in [0, 0.1) is 0 Å². The van der Waals surface area contributed by atoms with Crippen LogP contribution in [-0.2, 0) is 16.0 Å². The number of phenolic OH excluding ortho intramolecular Hbond substituents is 1. The van der Waals surface area contributed by atoms with E-state index in [1.807, 2.05) is 36.4 Å². The molecule has 0 aliphatic carbocycles. The summed E-state index contributed by atoms with van der Waals surface area (Å²) in [4.78, 5) is 12.4. The highest BCUT2D eigenvalue weighted by molar-refractivity contribution is 5.81. The molecule has 3 aromatic rings. The van der Waals surface area contributed by atoms with E-state index in [1.54, 1.807) is 6.07 Å². The smallest absolute Gasteiger partial charge is 0.330 e. The van der Waals surface area contributed by atoms with Gasteiger partial charge in [-0.05, 0) is 55.5 Å². The molecule has 0 saturated heterocycles. The summed E-state index contributed by atoms with van der Waals surface area (Å²) in [5.41, 5.74) is 3.23. The van der Waals surface area contributed by atoms with E-state index in [1.165, 1.54) is 10.9 Å². The maximum absolute atomic E-state index is 11.0. The van der Waals surface area contributed by atoms with E-state index in [0.717, 1.165) is 42.3 Å². The first-order valence-electron chi connectivity index (χ1n) is 8.61. The van der Waals surface area contributed by atoms with E-state index in [4.69, 9.17) is 4.74 Å². The summed E-state index contributed by atoms with van der Waals surface area (Å²) in [5, 5.41) is 19.0. The fourth-order valence-electron chi connectivity index (χ4n) is 2.69. The van der Waals surface area contributed by atoms with Crippen molar-refractivity contribution in [3.05, 3.63) is 60.7 Å². The molecular weight excluding hydrogens is 330 g/mol. The van der Waals surface area contributed by atoms with Crippen LogP contribution in [-0.4, -0.2) is 32.7 Å². The lowest BCUT2D eigenvalue weighted by molar-refractivity contribution is -0.137.